The van der Waals surface area contributed by atoms with Crippen LogP contribution in [-0.2, 0) is 26.2 Å². The molecule has 0 saturated carbocycles. The molecule has 0 bridgehead atoms. The van der Waals surface area contributed by atoms with Crippen LogP contribution < -0.4 is 9.62 Å². The smallest absolute Gasteiger partial charge is 0.244 e. The molecule has 0 spiro atoms. The maximum atomic E-state index is 13.5. The number of unbranched alkanes of at least 4 members (excludes halogenated alkanes) is 1. The molecule has 0 aromatic heterocycles. The number of halogens is 1. The lowest BCUT2D eigenvalue weighted by Gasteiger charge is -2.32. The van der Waals surface area contributed by atoms with E-state index in [1.807, 2.05) is 38.1 Å². The summed E-state index contributed by atoms with van der Waals surface area (Å²) in [6.07, 6.45) is 2.83. The van der Waals surface area contributed by atoms with Gasteiger partial charge in [0.05, 0.1) is 11.9 Å². The molecular formula is C25H34ClN3O4S. The van der Waals surface area contributed by atoms with Crippen molar-refractivity contribution in [1.82, 2.24) is 10.2 Å². The lowest BCUT2D eigenvalue weighted by Crippen LogP contribution is -2.51. The van der Waals surface area contributed by atoms with Gasteiger partial charge >= 0.3 is 0 Å². The number of amides is 2. The van der Waals surface area contributed by atoms with E-state index in [-0.39, 0.29) is 12.5 Å². The number of rotatable bonds is 11. The molecule has 2 rings (SSSR count). The Morgan fingerprint density at radius 3 is 2.29 bits per heavy atom. The Kier molecular flexibility index (Phi) is 9.94. The van der Waals surface area contributed by atoms with Crippen molar-refractivity contribution in [3.63, 3.8) is 0 Å². The Hall–Kier alpha value is -2.58. The number of nitrogens with one attached hydrogen (secondary N) is 1. The van der Waals surface area contributed by atoms with Crippen LogP contribution in [0.2, 0.25) is 5.02 Å². The van der Waals surface area contributed by atoms with Crippen molar-refractivity contribution in [1.29, 1.82) is 0 Å². The monoisotopic (exact) mass is 507 g/mol. The van der Waals surface area contributed by atoms with E-state index in [4.69, 9.17) is 11.6 Å². The first kappa shape index (κ1) is 27.7. The van der Waals surface area contributed by atoms with Gasteiger partial charge in [0.2, 0.25) is 21.8 Å². The third-order valence-electron chi connectivity index (χ3n) is 5.58. The largest absolute Gasteiger partial charge is 0.354 e. The van der Waals surface area contributed by atoms with E-state index in [0.717, 1.165) is 34.5 Å². The van der Waals surface area contributed by atoms with Crippen molar-refractivity contribution < 1.29 is 18.0 Å². The normalized spacial score (nSPS) is 12.2. The van der Waals surface area contributed by atoms with Crippen LogP contribution in [0.25, 0.3) is 0 Å². The summed E-state index contributed by atoms with van der Waals surface area (Å²) in [6, 6.07) is 11.7. The Morgan fingerprint density at radius 1 is 1.09 bits per heavy atom. The summed E-state index contributed by atoms with van der Waals surface area (Å²) in [6.45, 7) is 7.66. The van der Waals surface area contributed by atoms with E-state index in [9.17, 15) is 18.0 Å². The fourth-order valence-electron chi connectivity index (χ4n) is 3.50. The minimum absolute atomic E-state index is 0.179. The number of anilines is 1. The second kappa shape index (κ2) is 12.2. The summed E-state index contributed by atoms with van der Waals surface area (Å²) in [4.78, 5) is 27.7. The summed E-state index contributed by atoms with van der Waals surface area (Å²) in [5.74, 6) is -0.749. The van der Waals surface area contributed by atoms with Crippen molar-refractivity contribution in [2.45, 2.75) is 53.1 Å². The Balaban J connectivity index is 2.37. The molecule has 0 saturated heterocycles. The molecule has 7 nitrogen and oxygen atoms in total. The summed E-state index contributed by atoms with van der Waals surface area (Å²) in [7, 11) is -3.78. The zero-order chi connectivity index (χ0) is 25.5. The van der Waals surface area contributed by atoms with Gasteiger partial charge in [-0.1, -0.05) is 54.8 Å². The zero-order valence-corrected chi connectivity index (χ0v) is 22.0. The number of hydrogen-bond acceptors (Lipinski definition) is 4. The van der Waals surface area contributed by atoms with Crippen molar-refractivity contribution in [2.75, 3.05) is 23.7 Å². The molecule has 2 aromatic carbocycles. The van der Waals surface area contributed by atoms with E-state index < -0.39 is 28.5 Å². The summed E-state index contributed by atoms with van der Waals surface area (Å²) in [5.41, 5.74) is 2.92. The van der Waals surface area contributed by atoms with Crippen LogP contribution >= 0.6 is 11.6 Å². The van der Waals surface area contributed by atoms with Gasteiger partial charge in [0.1, 0.15) is 12.6 Å². The second-order valence-electron chi connectivity index (χ2n) is 8.53. The van der Waals surface area contributed by atoms with Crippen molar-refractivity contribution >= 4 is 39.1 Å². The Labute approximate surface area is 208 Å². The van der Waals surface area contributed by atoms with Crippen LogP contribution in [0, 0.1) is 13.8 Å². The van der Waals surface area contributed by atoms with E-state index >= 15 is 0 Å². The van der Waals surface area contributed by atoms with Crippen molar-refractivity contribution in [2.24, 2.45) is 0 Å². The van der Waals surface area contributed by atoms with Crippen LogP contribution in [0.15, 0.2) is 42.5 Å². The number of aryl methyl sites for hydroxylation is 2. The number of carbonyl (C=O) groups is 2. The molecule has 34 heavy (non-hydrogen) atoms. The lowest BCUT2D eigenvalue weighted by atomic mass is 10.1. The predicted octanol–water partition coefficient (Wildman–Crippen LogP) is 4.06. The van der Waals surface area contributed by atoms with Gasteiger partial charge in [0.15, 0.2) is 0 Å². The van der Waals surface area contributed by atoms with Gasteiger partial charge < -0.3 is 10.2 Å². The first-order valence-electron chi connectivity index (χ1n) is 11.3. The number of nitrogens with zero attached hydrogens (tertiary/aromatic N) is 2. The third kappa shape index (κ3) is 7.74. The number of carbonyl (C=O) groups excluding carboxylic acids is 2. The Morgan fingerprint density at radius 2 is 1.74 bits per heavy atom. The Bertz CT molecular complexity index is 1100. The minimum Gasteiger partial charge on any atom is -0.354 e. The SMILES string of the molecule is CCCCNC(=O)C(C)N(Cc1ccc(C)cc1)C(=O)CN(c1ccc(Cl)cc1C)S(C)(=O)=O. The predicted molar refractivity (Wildman–Crippen MR) is 137 cm³/mol. The van der Waals surface area contributed by atoms with Crippen LogP contribution in [0.3, 0.4) is 0 Å². The molecule has 0 heterocycles. The highest BCUT2D eigenvalue weighted by atomic mass is 35.5. The minimum atomic E-state index is -3.78. The van der Waals surface area contributed by atoms with Crippen molar-refractivity contribution in [3.05, 3.63) is 64.2 Å². The molecular weight excluding hydrogens is 474 g/mol. The summed E-state index contributed by atoms with van der Waals surface area (Å²) in [5, 5.41) is 3.34. The van der Waals surface area contributed by atoms with Gasteiger partial charge in [-0.3, -0.25) is 13.9 Å². The number of hydrogen-bond donors (Lipinski definition) is 1. The molecule has 0 fully saturated rings. The van der Waals surface area contributed by atoms with E-state index in [0.29, 0.717) is 22.8 Å². The average molecular weight is 508 g/mol. The molecule has 0 aliphatic heterocycles. The third-order valence-corrected chi connectivity index (χ3v) is 6.94. The fourth-order valence-corrected chi connectivity index (χ4v) is 4.64. The average Bonchev–Trinajstić information content (AvgIpc) is 2.76. The lowest BCUT2D eigenvalue weighted by molar-refractivity contribution is -0.139. The molecule has 1 atom stereocenters. The van der Waals surface area contributed by atoms with Gasteiger partial charge in [0, 0.05) is 18.1 Å². The van der Waals surface area contributed by atoms with E-state index in [1.54, 1.807) is 32.0 Å². The second-order valence-corrected chi connectivity index (χ2v) is 10.9. The quantitative estimate of drug-likeness (QED) is 0.465. The highest BCUT2D eigenvalue weighted by molar-refractivity contribution is 7.92. The molecule has 9 heteroatoms. The molecule has 0 radical (unpaired) electrons. The molecule has 0 aliphatic rings. The molecule has 1 unspecified atom stereocenters. The molecule has 2 amide bonds. The van der Waals surface area contributed by atoms with E-state index in [1.165, 1.54) is 4.90 Å². The molecule has 1 N–H and O–H groups in total. The van der Waals surface area contributed by atoms with Crippen LogP contribution in [0.5, 0.6) is 0 Å². The number of benzene rings is 2. The zero-order valence-electron chi connectivity index (χ0n) is 20.5. The van der Waals surface area contributed by atoms with Gasteiger partial charge in [0.25, 0.3) is 0 Å². The number of sulfonamides is 1. The van der Waals surface area contributed by atoms with Gasteiger partial charge in [-0.2, -0.15) is 0 Å². The molecule has 186 valence electrons. The highest BCUT2D eigenvalue weighted by Crippen LogP contribution is 2.26. The summed E-state index contributed by atoms with van der Waals surface area (Å²) < 4.78 is 26.3. The highest BCUT2D eigenvalue weighted by Gasteiger charge is 2.30. The van der Waals surface area contributed by atoms with Crippen molar-refractivity contribution in [3.8, 4) is 0 Å². The van der Waals surface area contributed by atoms with Crippen LogP contribution in [0.4, 0.5) is 5.69 Å². The topological polar surface area (TPSA) is 86.8 Å². The standard InChI is InChI=1S/C25H34ClN3O4S/c1-6-7-14-27-25(31)20(4)28(16-21-10-8-18(2)9-11-21)24(30)17-29(34(5,32)33)23-13-12-22(26)15-19(23)3/h8-13,15,20H,6-7,14,16-17H2,1-5H3,(H,27,31). The van der Waals surface area contributed by atoms with Crippen LogP contribution in [0.1, 0.15) is 43.4 Å². The van der Waals surface area contributed by atoms with E-state index in [2.05, 4.69) is 5.32 Å². The molecule has 2 aromatic rings. The maximum Gasteiger partial charge on any atom is 0.244 e. The first-order chi connectivity index (χ1) is 15.9. The maximum absolute atomic E-state index is 13.5. The first-order valence-corrected chi connectivity index (χ1v) is 13.5. The van der Waals surface area contributed by atoms with Gasteiger partial charge in [-0.05, 0) is 56.5 Å². The summed E-state index contributed by atoms with van der Waals surface area (Å²) >= 11 is 6.03. The molecule has 0 aliphatic carbocycles. The van der Waals surface area contributed by atoms with Crippen LogP contribution in [-0.4, -0.2) is 50.5 Å². The fraction of sp³-hybridized carbons (Fsp3) is 0.440. The van der Waals surface area contributed by atoms with Gasteiger partial charge in [-0.25, -0.2) is 8.42 Å². The van der Waals surface area contributed by atoms with Gasteiger partial charge in [-0.15, -0.1) is 0 Å².